The molecule has 27 heavy (non-hydrogen) atoms. The smallest absolute Gasteiger partial charge is 0.159 e. The van der Waals surface area contributed by atoms with Crippen molar-refractivity contribution in [1.29, 1.82) is 0 Å². The highest BCUT2D eigenvalue weighted by molar-refractivity contribution is 5.80. The maximum absolute atomic E-state index is 13.9. The summed E-state index contributed by atoms with van der Waals surface area (Å²) in [5.74, 6) is 0.204. The molecule has 0 amide bonds. The van der Waals surface area contributed by atoms with Crippen molar-refractivity contribution in [3.63, 3.8) is 0 Å². The molecule has 0 aliphatic heterocycles. The van der Waals surface area contributed by atoms with E-state index in [2.05, 4.69) is 25.3 Å². The Kier molecular flexibility index (Phi) is 8.00. The molecule has 1 aromatic carbocycles. The van der Waals surface area contributed by atoms with E-state index in [9.17, 15) is 8.78 Å². The Morgan fingerprint density at radius 1 is 1.30 bits per heavy atom. The minimum Gasteiger partial charge on any atom is -0.356 e. The molecule has 1 saturated carbocycles. The number of nitrogens with zero attached hydrogens (tertiary/aromatic N) is 2. The van der Waals surface area contributed by atoms with Gasteiger partial charge in [0.1, 0.15) is 0 Å². The monoisotopic (exact) mass is 376 g/mol. The molecule has 1 aliphatic rings. The van der Waals surface area contributed by atoms with E-state index in [-0.39, 0.29) is 12.1 Å². The Bertz CT molecular complexity index is 652. The summed E-state index contributed by atoms with van der Waals surface area (Å²) in [5, 5.41) is 0. The second kappa shape index (κ2) is 10.0. The van der Waals surface area contributed by atoms with Crippen LogP contribution < -0.4 is 0 Å². The highest BCUT2D eigenvalue weighted by Gasteiger charge is 2.33. The number of hydrogen-bond donors (Lipinski definition) is 0. The third-order valence-electron chi connectivity index (χ3n) is 6.00. The highest BCUT2D eigenvalue weighted by atomic mass is 19.2. The molecule has 0 bridgehead atoms. The van der Waals surface area contributed by atoms with Crippen LogP contribution >= 0.6 is 0 Å². The lowest BCUT2D eigenvalue weighted by atomic mass is 9.76. The molecule has 0 radical (unpaired) electrons. The van der Waals surface area contributed by atoms with E-state index in [0.29, 0.717) is 11.8 Å². The van der Waals surface area contributed by atoms with Crippen molar-refractivity contribution in [2.75, 3.05) is 7.05 Å². The molecule has 0 aromatic heterocycles. The summed E-state index contributed by atoms with van der Waals surface area (Å²) in [6.45, 7) is 10.4. The van der Waals surface area contributed by atoms with Crippen LogP contribution in [-0.4, -0.2) is 23.8 Å². The molecule has 1 aliphatic carbocycles. The van der Waals surface area contributed by atoms with Crippen LogP contribution in [0.3, 0.4) is 0 Å². The molecule has 1 aromatic rings. The summed E-state index contributed by atoms with van der Waals surface area (Å²) in [6.07, 6.45) is 8.60. The van der Waals surface area contributed by atoms with Gasteiger partial charge in [-0.15, -0.1) is 6.58 Å². The Labute approximate surface area is 163 Å². The summed E-state index contributed by atoms with van der Waals surface area (Å²) in [6, 6.07) is 4.54. The molecule has 0 heterocycles. The first-order valence-corrected chi connectivity index (χ1v) is 10.3. The normalized spacial score (nSPS) is 18.5. The third kappa shape index (κ3) is 5.18. The van der Waals surface area contributed by atoms with Crippen molar-refractivity contribution in [3.05, 3.63) is 48.1 Å². The van der Waals surface area contributed by atoms with Gasteiger partial charge in [-0.3, -0.25) is 4.99 Å². The summed E-state index contributed by atoms with van der Waals surface area (Å²) in [5.41, 5.74) is 0.831. The number of benzene rings is 1. The van der Waals surface area contributed by atoms with Gasteiger partial charge in [-0.1, -0.05) is 38.8 Å². The van der Waals surface area contributed by atoms with Crippen LogP contribution in [0, 0.1) is 23.5 Å². The Morgan fingerprint density at radius 2 is 2.00 bits per heavy atom. The SMILES string of the molecule is C=CC(CCC)C(CC)N=C(C)N(C)C(c1ccc(F)c(F)c1)C1CCC1. The zero-order chi connectivity index (χ0) is 20.0. The van der Waals surface area contributed by atoms with Crippen LogP contribution in [-0.2, 0) is 0 Å². The minimum absolute atomic E-state index is 0.0310. The van der Waals surface area contributed by atoms with Crippen LogP contribution in [0.25, 0.3) is 0 Å². The molecule has 3 atom stereocenters. The van der Waals surface area contributed by atoms with Crippen molar-refractivity contribution in [2.24, 2.45) is 16.8 Å². The quantitative estimate of drug-likeness (QED) is 0.271. The Morgan fingerprint density at radius 3 is 2.48 bits per heavy atom. The fourth-order valence-corrected chi connectivity index (χ4v) is 4.09. The van der Waals surface area contributed by atoms with Crippen LogP contribution in [0.5, 0.6) is 0 Å². The Hall–Kier alpha value is -1.71. The van der Waals surface area contributed by atoms with Gasteiger partial charge in [-0.05, 0) is 62.1 Å². The molecule has 4 heteroatoms. The first kappa shape index (κ1) is 21.6. The predicted octanol–water partition coefficient (Wildman–Crippen LogP) is 6.54. The highest BCUT2D eigenvalue weighted by Crippen LogP contribution is 2.41. The van der Waals surface area contributed by atoms with Crippen molar-refractivity contribution in [3.8, 4) is 0 Å². The van der Waals surface area contributed by atoms with Crippen molar-refractivity contribution in [2.45, 2.75) is 71.4 Å². The van der Waals surface area contributed by atoms with Crippen LogP contribution in [0.1, 0.15) is 70.9 Å². The summed E-state index contributed by atoms with van der Waals surface area (Å²) < 4.78 is 27.3. The fourth-order valence-electron chi connectivity index (χ4n) is 4.09. The molecular weight excluding hydrogens is 342 g/mol. The van der Waals surface area contributed by atoms with E-state index in [1.165, 1.54) is 18.6 Å². The molecule has 0 spiro atoms. The van der Waals surface area contributed by atoms with Crippen LogP contribution in [0.15, 0.2) is 35.8 Å². The van der Waals surface area contributed by atoms with Crippen molar-refractivity contribution < 1.29 is 8.78 Å². The molecule has 0 N–H and O–H groups in total. The molecule has 150 valence electrons. The van der Waals surface area contributed by atoms with E-state index >= 15 is 0 Å². The largest absolute Gasteiger partial charge is 0.356 e. The van der Waals surface area contributed by atoms with Crippen molar-refractivity contribution in [1.82, 2.24) is 4.90 Å². The van der Waals surface area contributed by atoms with Gasteiger partial charge < -0.3 is 4.90 Å². The minimum atomic E-state index is -0.793. The van der Waals surface area contributed by atoms with E-state index < -0.39 is 11.6 Å². The number of amidine groups is 1. The van der Waals surface area contributed by atoms with E-state index in [1.807, 2.05) is 20.0 Å². The van der Waals surface area contributed by atoms with E-state index in [0.717, 1.165) is 43.5 Å². The zero-order valence-electron chi connectivity index (χ0n) is 17.2. The van der Waals surface area contributed by atoms with Gasteiger partial charge in [0.15, 0.2) is 11.6 Å². The van der Waals surface area contributed by atoms with E-state index in [1.54, 1.807) is 6.07 Å². The van der Waals surface area contributed by atoms with Crippen LogP contribution in [0.4, 0.5) is 8.78 Å². The Balaban J connectivity index is 2.28. The lowest BCUT2D eigenvalue weighted by Gasteiger charge is -2.41. The second-order valence-corrected chi connectivity index (χ2v) is 7.76. The first-order chi connectivity index (χ1) is 12.9. The maximum atomic E-state index is 13.9. The molecule has 1 fully saturated rings. The number of halogens is 2. The fraction of sp³-hybridized carbons (Fsp3) is 0.609. The lowest BCUT2D eigenvalue weighted by Crippen LogP contribution is -2.37. The maximum Gasteiger partial charge on any atom is 0.159 e. The van der Waals surface area contributed by atoms with Gasteiger partial charge in [-0.25, -0.2) is 8.78 Å². The van der Waals surface area contributed by atoms with Crippen molar-refractivity contribution >= 4 is 5.84 Å². The average molecular weight is 377 g/mol. The second-order valence-electron chi connectivity index (χ2n) is 7.76. The first-order valence-electron chi connectivity index (χ1n) is 10.3. The van der Waals surface area contributed by atoms with E-state index in [4.69, 9.17) is 4.99 Å². The molecule has 2 nitrogen and oxygen atoms in total. The molecule has 0 saturated heterocycles. The van der Waals surface area contributed by atoms with Gasteiger partial charge in [0, 0.05) is 7.05 Å². The van der Waals surface area contributed by atoms with Gasteiger partial charge >= 0.3 is 0 Å². The third-order valence-corrected chi connectivity index (χ3v) is 6.00. The van der Waals surface area contributed by atoms with Gasteiger partial charge in [-0.2, -0.15) is 0 Å². The van der Waals surface area contributed by atoms with Gasteiger partial charge in [0.05, 0.1) is 17.9 Å². The number of hydrogen-bond acceptors (Lipinski definition) is 1. The molecular formula is C23H34F2N2. The average Bonchev–Trinajstić information content (AvgIpc) is 2.62. The van der Waals surface area contributed by atoms with Gasteiger partial charge in [0.2, 0.25) is 0 Å². The summed E-state index contributed by atoms with van der Waals surface area (Å²) >= 11 is 0. The summed E-state index contributed by atoms with van der Waals surface area (Å²) in [4.78, 5) is 7.17. The zero-order valence-corrected chi connectivity index (χ0v) is 17.2. The standard InChI is InChI=1S/C23H34F2N2/c1-6-10-17(7-2)22(8-3)26-16(4)27(5)23(18-11-9-12-18)19-13-14-20(24)21(25)15-19/h7,13-15,17-18,22-23H,2,6,8-12H2,1,3-5H3. The lowest BCUT2D eigenvalue weighted by molar-refractivity contribution is 0.171. The molecule has 3 unspecified atom stereocenters. The summed E-state index contributed by atoms with van der Waals surface area (Å²) in [7, 11) is 2.03. The number of aliphatic imine (C=N–C) groups is 1. The van der Waals surface area contributed by atoms with Gasteiger partial charge in [0.25, 0.3) is 0 Å². The van der Waals surface area contributed by atoms with Crippen LogP contribution in [0.2, 0.25) is 0 Å². The molecule has 2 rings (SSSR count). The topological polar surface area (TPSA) is 15.6 Å². The number of rotatable bonds is 9. The predicted molar refractivity (Wildman–Crippen MR) is 110 cm³/mol.